The van der Waals surface area contributed by atoms with Crippen molar-refractivity contribution < 1.29 is 13.2 Å². The van der Waals surface area contributed by atoms with E-state index in [4.69, 9.17) is 11.6 Å². The quantitative estimate of drug-likeness (QED) is 0.806. The van der Waals surface area contributed by atoms with Crippen LogP contribution < -0.4 is 0 Å². The molecule has 0 aromatic heterocycles. The lowest BCUT2D eigenvalue weighted by Crippen LogP contribution is -2.44. The molecule has 1 heterocycles. The Bertz CT molecular complexity index is 711. The fourth-order valence-electron chi connectivity index (χ4n) is 2.80. The summed E-state index contributed by atoms with van der Waals surface area (Å²) < 4.78 is 25.6. The lowest BCUT2D eigenvalue weighted by molar-refractivity contribution is 0.0663. The van der Waals surface area contributed by atoms with E-state index in [1.807, 2.05) is 14.1 Å². The van der Waals surface area contributed by atoms with Gasteiger partial charge in [-0.1, -0.05) is 11.6 Å². The number of amides is 1. The summed E-state index contributed by atoms with van der Waals surface area (Å²) in [5.41, 5.74) is 0.239. The second kappa shape index (κ2) is 7.39. The molecule has 0 aliphatic carbocycles. The number of sulfonamides is 1. The zero-order chi connectivity index (χ0) is 18.1. The summed E-state index contributed by atoms with van der Waals surface area (Å²) in [6.07, 6.45) is 1.79. The fourth-order valence-corrected chi connectivity index (χ4v) is 3.92. The Morgan fingerprint density at radius 1 is 1.17 bits per heavy atom. The Labute approximate surface area is 149 Å². The molecule has 0 saturated carbocycles. The van der Waals surface area contributed by atoms with Gasteiger partial charge < -0.3 is 9.80 Å². The molecule has 0 bridgehead atoms. The van der Waals surface area contributed by atoms with Gasteiger partial charge in [-0.25, -0.2) is 12.7 Å². The van der Waals surface area contributed by atoms with Crippen LogP contribution in [0.5, 0.6) is 0 Å². The summed E-state index contributed by atoms with van der Waals surface area (Å²) in [7, 11) is 3.38. The van der Waals surface area contributed by atoms with Crippen LogP contribution in [-0.2, 0) is 10.0 Å². The van der Waals surface area contributed by atoms with Crippen molar-refractivity contribution >= 4 is 27.5 Å². The number of rotatable bonds is 4. The average molecular weight is 374 g/mol. The van der Waals surface area contributed by atoms with E-state index in [0.29, 0.717) is 19.1 Å². The van der Waals surface area contributed by atoms with Crippen molar-refractivity contribution in [2.75, 3.05) is 41.3 Å². The van der Waals surface area contributed by atoms with E-state index in [9.17, 15) is 13.2 Å². The Morgan fingerprint density at radius 3 is 2.25 bits per heavy atom. The van der Waals surface area contributed by atoms with E-state index in [1.165, 1.54) is 32.3 Å². The van der Waals surface area contributed by atoms with E-state index in [1.54, 1.807) is 4.90 Å². The number of hydrogen-bond donors (Lipinski definition) is 0. The second-order valence-corrected chi connectivity index (χ2v) is 8.98. The highest BCUT2D eigenvalue weighted by Gasteiger charge is 2.27. The molecule has 0 unspecified atom stereocenters. The number of piperidine rings is 1. The van der Waals surface area contributed by atoms with Crippen molar-refractivity contribution in [3.05, 3.63) is 28.8 Å². The van der Waals surface area contributed by atoms with Gasteiger partial charge in [-0.3, -0.25) is 4.79 Å². The van der Waals surface area contributed by atoms with E-state index < -0.39 is 10.0 Å². The first kappa shape index (κ1) is 19.2. The number of nitrogens with zero attached hydrogens (tertiary/aromatic N) is 3. The van der Waals surface area contributed by atoms with E-state index in [-0.39, 0.29) is 21.4 Å². The third kappa shape index (κ3) is 3.91. The molecule has 134 valence electrons. The lowest BCUT2D eigenvalue weighted by atomic mass is 10.0. The van der Waals surface area contributed by atoms with Gasteiger partial charge in [-0.2, -0.15) is 0 Å². The van der Waals surface area contributed by atoms with Crippen molar-refractivity contribution in [2.45, 2.75) is 23.8 Å². The van der Waals surface area contributed by atoms with Crippen molar-refractivity contribution in [3.63, 3.8) is 0 Å². The van der Waals surface area contributed by atoms with Crippen molar-refractivity contribution in [2.24, 2.45) is 0 Å². The van der Waals surface area contributed by atoms with Gasteiger partial charge in [-0.05, 0) is 45.1 Å². The van der Waals surface area contributed by atoms with Crippen LogP contribution in [0.3, 0.4) is 0 Å². The lowest BCUT2D eigenvalue weighted by Gasteiger charge is -2.35. The summed E-state index contributed by atoms with van der Waals surface area (Å²) in [5, 5.41) is 0.271. The zero-order valence-corrected chi connectivity index (χ0v) is 16.1. The van der Waals surface area contributed by atoms with Crippen molar-refractivity contribution in [1.29, 1.82) is 0 Å². The van der Waals surface area contributed by atoms with Crippen LogP contribution in [-0.4, -0.2) is 75.8 Å². The van der Waals surface area contributed by atoms with Crippen LogP contribution in [0.2, 0.25) is 5.02 Å². The molecule has 1 aliphatic rings. The monoisotopic (exact) mass is 373 g/mol. The molecular formula is C16H24ClN3O3S. The average Bonchev–Trinajstić information content (AvgIpc) is 2.54. The maximum absolute atomic E-state index is 12.8. The Morgan fingerprint density at radius 2 is 1.75 bits per heavy atom. The van der Waals surface area contributed by atoms with Crippen LogP contribution in [0.1, 0.15) is 23.2 Å². The smallest absolute Gasteiger partial charge is 0.255 e. The van der Waals surface area contributed by atoms with Gasteiger partial charge in [0.25, 0.3) is 5.91 Å². The summed E-state index contributed by atoms with van der Waals surface area (Å²) in [5.74, 6) is -0.215. The molecule has 8 heteroatoms. The maximum Gasteiger partial charge on any atom is 0.255 e. The minimum absolute atomic E-state index is 0.0726. The van der Waals surface area contributed by atoms with Crippen LogP contribution in [0, 0.1) is 0 Å². The predicted molar refractivity (Wildman–Crippen MR) is 94.9 cm³/mol. The van der Waals surface area contributed by atoms with E-state index in [2.05, 4.69) is 4.90 Å². The van der Waals surface area contributed by atoms with Crippen molar-refractivity contribution in [3.8, 4) is 0 Å². The summed E-state index contributed by atoms with van der Waals surface area (Å²) in [4.78, 5) is 16.7. The Hall–Kier alpha value is -1.15. The van der Waals surface area contributed by atoms with Crippen molar-refractivity contribution in [1.82, 2.24) is 14.1 Å². The SMILES string of the molecule is CN(C)C1CCN(C(=O)c2cc(S(=O)(=O)N(C)C)ccc2Cl)CC1. The normalized spacial score (nSPS) is 16.9. The van der Waals surface area contributed by atoms with Crippen LogP contribution in [0.4, 0.5) is 0 Å². The zero-order valence-electron chi connectivity index (χ0n) is 14.5. The van der Waals surface area contributed by atoms with Crippen LogP contribution in [0.25, 0.3) is 0 Å². The Kier molecular flexibility index (Phi) is 5.91. The molecule has 1 saturated heterocycles. The van der Waals surface area contributed by atoms with Gasteiger partial charge >= 0.3 is 0 Å². The molecule has 1 aliphatic heterocycles. The van der Waals surface area contributed by atoms with Crippen LogP contribution in [0.15, 0.2) is 23.1 Å². The first-order valence-corrected chi connectivity index (χ1v) is 9.64. The van der Waals surface area contributed by atoms with E-state index in [0.717, 1.165) is 17.1 Å². The molecule has 0 N–H and O–H groups in total. The molecule has 1 amide bonds. The minimum atomic E-state index is -3.60. The highest BCUT2D eigenvalue weighted by Crippen LogP contribution is 2.25. The predicted octanol–water partition coefficient (Wildman–Crippen LogP) is 1.76. The van der Waals surface area contributed by atoms with E-state index >= 15 is 0 Å². The van der Waals surface area contributed by atoms with Gasteiger partial charge in [0, 0.05) is 33.2 Å². The molecular weight excluding hydrogens is 350 g/mol. The van der Waals surface area contributed by atoms with Gasteiger partial charge in [0.1, 0.15) is 0 Å². The first-order valence-electron chi connectivity index (χ1n) is 7.82. The number of hydrogen-bond acceptors (Lipinski definition) is 4. The molecule has 1 aromatic rings. The summed E-state index contributed by atoms with van der Waals surface area (Å²) in [6.45, 7) is 1.28. The number of likely N-dealkylation sites (tertiary alicyclic amines) is 1. The highest BCUT2D eigenvalue weighted by atomic mass is 35.5. The summed E-state index contributed by atoms with van der Waals surface area (Å²) >= 11 is 6.15. The highest BCUT2D eigenvalue weighted by molar-refractivity contribution is 7.89. The van der Waals surface area contributed by atoms with Gasteiger partial charge in [-0.15, -0.1) is 0 Å². The maximum atomic E-state index is 12.8. The summed E-state index contributed by atoms with van der Waals surface area (Å²) in [6, 6.07) is 4.73. The Balaban J connectivity index is 2.24. The molecule has 1 aromatic carbocycles. The first-order chi connectivity index (χ1) is 11.1. The number of benzene rings is 1. The molecule has 0 spiro atoms. The van der Waals surface area contributed by atoms with Gasteiger partial charge in [0.2, 0.25) is 10.0 Å². The number of carbonyl (C=O) groups is 1. The molecule has 24 heavy (non-hydrogen) atoms. The third-order valence-electron chi connectivity index (χ3n) is 4.43. The van der Waals surface area contributed by atoms with Gasteiger partial charge in [0.15, 0.2) is 0 Å². The molecule has 1 fully saturated rings. The largest absolute Gasteiger partial charge is 0.338 e. The standard InChI is InChI=1S/C16H24ClN3O3S/c1-18(2)12-7-9-20(10-8-12)16(21)14-11-13(5-6-15(14)17)24(22,23)19(3)4/h5-6,11-12H,7-10H2,1-4H3. The van der Waals surface area contributed by atoms with Crippen LogP contribution >= 0.6 is 11.6 Å². The molecule has 0 atom stereocenters. The molecule has 2 rings (SSSR count). The fraction of sp³-hybridized carbons (Fsp3) is 0.562. The number of carbonyl (C=O) groups excluding carboxylic acids is 1. The molecule has 6 nitrogen and oxygen atoms in total. The van der Waals surface area contributed by atoms with Gasteiger partial charge in [0.05, 0.1) is 15.5 Å². The number of halogens is 1. The molecule has 0 radical (unpaired) electrons. The second-order valence-electron chi connectivity index (χ2n) is 6.42. The minimum Gasteiger partial charge on any atom is -0.338 e. The third-order valence-corrected chi connectivity index (χ3v) is 6.57. The topological polar surface area (TPSA) is 60.9 Å².